The zero-order chi connectivity index (χ0) is 22.2. The Labute approximate surface area is 180 Å². The SMILES string of the molecule is CC(C)(C)c1ccc(NC(=O)CN2C(=O)NC(Cc3c[nH]c4ccccc34)C2=O)cc1. The summed E-state index contributed by atoms with van der Waals surface area (Å²) in [6.07, 6.45) is 2.21. The van der Waals surface area contributed by atoms with Crippen molar-refractivity contribution in [2.45, 2.75) is 38.6 Å². The molecular weight excluding hydrogens is 392 g/mol. The van der Waals surface area contributed by atoms with Gasteiger partial charge >= 0.3 is 6.03 Å². The summed E-state index contributed by atoms with van der Waals surface area (Å²) in [6.45, 7) is 6.02. The van der Waals surface area contributed by atoms with Crippen LogP contribution < -0.4 is 10.6 Å². The Balaban J connectivity index is 1.39. The van der Waals surface area contributed by atoms with E-state index in [0.717, 1.165) is 26.9 Å². The van der Waals surface area contributed by atoms with Gasteiger partial charge in [-0.05, 0) is 34.7 Å². The number of hydrogen-bond donors (Lipinski definition) is 3. The maximum atomic E-state index is 12.8. The molecule has 0 bridgehead atoms. The average molecular weight is 418 g/mol. The maximum absolute atomic E-state index is 12.8. The van der Waals surface area contributed by atoms with Gasteiger partial charge in [0.15, 0.2) is 0 Å². The van der Waals surface area contributed by atoms with Crippen molar-refractivity contribution >= 4 is 34.4 Å². The zero-order valence-electron chi connectivity index (χ0n) is 17.9. The smallest absolute Gasteiger partial charge is 0.325 e. The lowest BCUT2D eigenvalue weighted by molar-refractivity contribution is -0.130. The second kappa shape index (κ2) is 7.91. The van der Waals surface area contributed by atoms with Gasteiger partial charge in [-0.3, -0.25) is 14.5 Å². The summed E-state index contributed by atoms with van der Waals surface area (Å²) in [5, 5.41) is 6.46. The number of amides is 4. The molecule has 2 aromatic carbocycles. The van der Waals surface area contributed by atoms with Crippen LogP contribution >= 0.6 is 0 Å². The molecule has 1 aromatic heterocycles. The summed E-state index contributed by atoms with van der Waals surface area (Å²) in [6, 6.07) is 14.1. The molecule has 1 aliphatic heterocycles. The molecule has 7 nitrogen and oxygen atoms in total. The second-order valence-corrected chi connectivity index (χ2v) is 8.87. The lowest BCUT2D eigenvalue weighted by Gasteiger charge is -2.19. The van der Waals surface area contributed by atoms with Crippen LogP contribution in [-0.2, 0) is 21.4 Å². The molecule has 1 atom stereocenters. The number of benzene rings is 2. The van der Waals surface area contributed by atoms with Crippen molar-refractivity contribution in [1.29, 1.82) is 0 Å². The highest BCUT2D eigenvalue weighted by molar-refractivity contribution is 6.08. The van der Waals surface area contributed by atoms with Crippen molar-refractivity contribution in [3.8, 4) is 0 Å². The van der Waals surface area contributed by atoms with Crippen molar-refractivity contribution in [2.24, 2.45) is 0 Å². The summed E-state index contributed by atoms with van der Waals surface area (Å²) < 4.78 is 0. The minimum atomic E-state index is -0.689. The monoisotopic (exact) mass is 418 g/mol. The molecule has 1 unspecified atom stereocenters. The minimum Gasteiger partial charge on any atom is -0.361 e. The van der Waals surface area contributed by atoms with Crippen LogP contribution in [0.4, 0.5) is 10.5 Å². The van der Waals surface area contributed by atoms with E-state index in [1.807, 2.05) is 54.7 Å². The number of carbonyl (C=O) groups is 3. The Morgan fingerprint density at radius 3 is 2.48 bits per heavy atom. The fourth-order valence-electron chi connectivity index (χ4n) is 3.78. The standard InChI is InChI=1S/C24H26N4O3/c1-24(2,3)16-8-10-17(11-9-16)26-21(29)14-28-22(30)20(27-23(28)31)12-15-13-25-19-7-5-4-6-18(15)19/h4-11,13,20,25H,12,14H2,1-3H3,(H,26,29)(H,27,31). The van der Waals surface area contributed by atoms with E-state index in [2.05, 4.69) is 36.4 Å². The van der Waals surface area contributed by atoms with Gasteiger partial charge in [0.1, 0.15) is 12.6 Å². The van der Waals surface area contributed by atoms with Crippen LogP contribution in [0.3, 0.4) is 0 Å². The van der Waals surface area contributed by atoms with Gasteiger partial charge < -0.3 is 15.6 Å². The number of hydrogen-bond acceptors (Lipinski definition) is 3. The third kappa shape index (κ3) is 4.30. The molecule has 31 heavy (non-hydrogen) atoms. The van der Waals surface area contributed by atoms with Crippen molar-refractivity contribution in [1.82, 2.24) is 15.2 Å². The van der Waals surface area contributed by atoms with Crippen LogP contribution in [0.2, 0.25) is 0 Å². The largest absolute Gasteiger partial charge is 0.361 e. The molecule has 0 saturated carbocycles. The highest BCUT2D eigenvalue weighted by atomic mass is 16.2. The molecule has 1 saturated heterocycles. The number of rotatable bonds is 5. The normalized spacial score (nSPS) is 16.6. The third-order valence-corrected chi connectivity index (χ3v) is 5.54. The summed E-state index contributed by atoms with van der Waals surface area (Å²) in [7, 11) is 0. The van der Waals surface area contributed by atoms with Gasteiger partial charge in [0, 0.05) is 29.2 Å². The summed E-state index contributed by atoms with van der Waals surface area (Å²) in [5.74, 6) is -0.812. The van der Waals surface area contributed by atoms with E-state index in [9.17, 15) is 14.4 Å². The number of para-hydroxylation sites is 1. The number of H-pyrrole nitrogens is 1. The van der Waals surface area contributed by atoms with Crippen molar-refractivity contribution in [2.75, 3.05) is 11.9 Å². The van der Waals surface area contributed by atoms with Crippen molar-refractivity contribution in [3.05, 3.63) is 65.9 Å². The molecule has 0 spiro atoms. The number of carbonyl (C=O) groups excluding carboxylic acids is 3. The van der Waals surface area contributed by atoms with Crippen LogP contribution in [0, 0.1) is 0 Å². The van der Waals surface area contributed by atoms with Gasteiger partial charge in [0.2, 0.25) is 5.91 Å². The first kappa shape index (κ1) is 20.7. The fourth-order valence-corrected chi connectivity index (χ4v) is 3.78. The molecule has 1 aliphatic rings. The van der Waals surface area contributed by atoms with Crippen LogP contribution in [0.5, 0.6) is 0 Å². The Morgan fingerprint density at radius 1 is 1.06 bits per heavy atom. The van der Waals surface area contributed by atoms with Gasteiger partial charge in [0.25, 0.3) is 5.91 Å². The number of nitrogens with one attached hydrogen (secondary N) is 3. The topological polar surface area (TPSA) is 94.3 Å². The molecule has 2 heterocycles. The quantitative estimate of drug-likeness (QED) is 0.553. The van der Waals surface area contributed by atoms with E-state index in [1.54, 1.807) is 0 Å². The van der Waals surface area contributed by atoms with Crippen LogP contribution in [-0.4, -0.2) is 40.3 Å². The predicted octanol–water partition coefficient (Wildman–Crippen LogP) is 3.57. The van der Waals surface area contributed by atoms with Gasteiger partial charge in [-0.25, -0.2) is 4.79 Å². The van der Waals surface area contributed by atoms with E-state index in [-0.39, 0.29) is 12.0 Å². The summed E-state index contributed by atoms with van der Waals surface area (Å²) in [5.41, 5.74) is 3.71. The van der Waals surface area contributed by atoms with Crippen LogP contribution in [0.15, 0.2) is 54.7 Å². The number of aromatic nitrogens is 1. The number of nitrogens with zero attached hydrogens (tertiary/aromatic N) is 1. The number of imide groups is 1. The maximum Gasteiger partial charge on any atom is 0.325 e. The minimum absolute atomic E-state index is 0.0163. The molecule has 0 aliphatic carbocycles. The lowest BCUT2D eigenvalue weighted by Crippen LogP contribution is -2.38. The molecule has 7 heteroatoms. The lowest BCUT2D eigenvalue weighted by atomic mass is 9.87. The first-order valence-corrected chi connectivity index (χ1v) is 10.3. The van der Waals surface area contributed by atoms with E-state index in [1.165, 1.54) is 0 Å². The predicted molar refractivity (Wildman–Crippen MR) is 120 cm³/mol. The van der Waals surface area contributed by atoms with E-state index >= 15 is 0 Å². The Morgan fingerprint density at radius 2 is 1.77 bits per heavy atom. The Kier molecular flexibility index (Phi) is 5.27. The number of anilines is 1. The molecule has 160 valence electrons. The highest BCUT2D eigenvalue weighted by Gasteiger charge is 2.39. The van der Waals surface area contributed by atoms with Gasteiger partial charge in [-0.1, -0.05) is 51.1 Å². The van der Waals surface area contributed by atoms with Gasteiger partial charge in [0.05, 0.1) is 0 Å². The van der Waals surface area contributed by atoms with Crippen LogP contribution in [0.25, 0.3) is 10.9 Å². The number of urea groups is 1. The highest BCUT2D eigenvalue weighted by Crippen LogP contribution is 2.24. The number of fused-ring (bicyclic) bond motifs is 1. The average Bonchev–Trinajstić information content (AvgIpc) is 3.24. The first-order chi connectivity index (χ1) is 14.7. The summed E-state index contributed by atoms with van der Waals surface area (Å²) in [4.78, 5) is 41.7. The van der Waals surface area contributed by atoms with E-state index < -0.39 is 23.9 Å². The molecule has 0 radical (unpaired) electrons. The number of aromatic amines is 1. The van der Waals surface area contributed by atoms with Crippen LogP contribution in [0.1, 0.15) is 31.9 Å². The third-order valence-electron chi connectivity index (χ3n) is 5.54. The second-order valence-electron chi connectivity index (χ2n) is 8.87. The molecule has 3 aromatic rings. The van der Waals surface area contributed by atoms with Gasteiger partial charge in [-0.2, -0.15) is 0 Å². The molecule has 1 fully saturated rings. The van der Waals surface area contributed by atoms with Gasteiger partial charge in [-0.15, -0.1) is 0 Å². The van der Waals surface area contributed by atoms with Crippen molar-refractivity contribution < 1.29 is 14.4 Å². The first-order valence-electron chi connectivity index (χ1n) is 10.3. The Hall–Kier alpha value is -3.61. The van der Waals surface area contributed by atoms with E-state index in [0.29, 0.717) is 12.1 Å². The van der Waals surface area contributed by atoms with E-state index in [4.69, 9.17) is 0 Å². The molecular formula is C24H26N4O3. The Bertz CT molecular complexity index is 1140. The summed E-state index contributed by atoms with van der Waals surface area (Å²) >= 11 is 0. The van der Waals surface area contributed by atoms with Crippen molar-refractivity contribution in [3.63, 3.8) is 0 Å². The molecule has 3 N–H and O–H groups in total. The zero-order valence-corrected chi connectivity index (χ0v) is 17.9. The molecule has 4 amide bonds. The molecule has 4 rings (SSSR count). The fraction of sp³-hybridized carbons (Fsp3) is 0.292.